The monoisotopic (exact) mass is 303 g/mol. The number of hydrogen-bond acceptors (Lipinski definition) is 2. The molecule has 2 aromatic carbocycles. The number of carbonyl (C=O) groups is 1. The minimum atomic E-state index is -0.185. The van der Waals surface area contributed by atoms with Crippen molar-refractivity contribution in [1.82, 2.24) is 0 Å². The van der Waals surface area contributed by atoms with Crippen molar-refractivity contribution in [3.05, 3.63) is 88.6 Å². The molecule has 5 heteroatoms. The fraction of sp³-hybridized carbons (Fsp3) is 0.111. The highest BCUT2D eigenvalue weighted by molar-refractivity contribution is 6.05. The van der Waals surface area contributed by atoms with Gasteiger partial charge in [-0.15, -0.1) is 0 Å². The van der Waals surface area contributed by atoms with Crippen LogP contribution >= 0.6 is 0 Å². The van der Waals surface area contributed by atoms with Gasteiger partial charge in [-0.25, -0.2) is 0 Å². The maximum absolute atomic E-state index is 12.5. The molecule has 0 saturated heterocycles. The molecule has 0 N–H and O–H groups in total. The molecule has 5 nitrogen and oxygen atoms in total. The largest absolute Gasteiger partial charge is 0.287 e. The van der Waals surface area contributed by atoms with Gasteiger partial charge in [0.15, 0.2) is 12.7 Å². The Morgan fingerprint density at radius 1 is 1.04 bits per heavy atom. The minimum absolute atomic E-state index is 0.181. The van der Waals surface area contributed by atoms with E-state index >= 15 is 0 Å². The number of nitrogens with zero attached hydrogens (tertiary/aromatic N) is 4. The van der Waals surface area contributed by atoms with Gasteiger partial charge in [0, 0.05) is 16.5 Å². The van der Waals surface area contributed by atoms with Crippen LogP contribution in [0.25, 0.3) is 21.2 Å². The molecule has 1 aromatic heterocycles. The van der Waals surface area contributed by atoms with E-state index in [9.17, 15) is 4.79 Å². The molecule has 0 aliphatic rings. The Morgan fingerprint density at radius 3 is 2.57 bits per heavy atom. The molecular weight excluding hydrogens is 288 g/mol. The van der Waals surface area contributed by atoms with Gasteiger partial charge in [0.05, 0.1) is 11.9 Å². The molecule has 0 radical (unpaired) electrons. The predicted molar refractivity (Wildman–Crippen MR) is 88.0 cm³/mol. The molecular formula is C18H15N4O+. The molecule has 3 rings (SSSR count). The average Bonchev–Trinajstić information content (AvgIpc) is 2.60. The Morgan fingerprint density at radius 2 is 1.78 bits per heavy atom. The predicted octanol–water partition coefficient (Wildman–Crippen LogP) is 3.67. The van der Waals surface area contributed by atoms with Crippen LogP contribution in [0.3, 0.4) is 0 Å². The first kappa shape index (κ1) is 14.8. The molecule has 3 aromatic rings. The van der Waals surface area contributed by atoms with Gasteiger partial charge >= 0.3 is 0 Å². The number of aromatic nitrogens is 1. The number of fused-ring (bicyclic) bond motifs is 1. The lowest BCUT2D eigenvalue weighted by molar-refractivity contribution is -0.688. The molecule has 0 aliphatic heterocycles. The third-order valence-corrected chi connectivity index (χ3v) is 3.67. The number of hydrogen-bond donors (Lipinski definition) is 0. The first-order chi connectivity index (χ1) is 11.3. The fourth-order valence-electron chi connectivity index (χ4n) is 2.65. The first-order valence-corrected chi connectivity index (χ1v) is 7.29. The zero-order chi connectivity index (χ0) is 16.1. The number of pyridine rings is 1. The Hall–Kier alpha value is -3.17. The maximum Gasteiger partial charge on any atom is 0.256 e. The number of ketones is 1. The lowest BCUT2D eigenvalue weighted by atomic mass is 10.1. The molecule has 0 fully saturated rings. The van der Waals surface area contributed by atoms with Crippen LogP contribution in [0.5, 0.6) is 0 Å². The van der Waals surface area contributed by atoms with Crippen molar-refractivity contribution in [2.75, 3.05) is 6.54 Å². The quantitative estimate of drug-likeness (QED) is 0.233. The van der Waals surface area contributed by atoms with E-state index in [1.165, 1.54) is 0 Å². The summed E-state index contributed by atoms with van der Waals surface area (Å²) in [5, 5.41) is 5.27. The maximum atomic E-state index is 12.5. The summed E-state index contributed by atoms with van der Waals surface area (Å²) >= 11 is 0. The van der Waals surface area contributed by atoms with Crippen LogP contribution in [0.2, 0.25) is 0 Å². The van der Waals surface area contributed by atoms with E-state index in [0.717, 1.165) is 16.3 Å². The van der Waals surface area contributed by atoms with Gasteiger partial charge < -0.3 is 0 Å². The number of Topliss-reactive ketones (excluding diaryl/α,β-unsaturated/α-hetero) is 1. The SMILES string of the molecule is [N-]=[N+]=NCC(=O)c1c2ccccc2cc[n+]1Cc1ccccc1. The van der Waals surface area contributed by atoms with E-state index in [2.05, 4.69) is 10.0 Å². The minimum Gasteiger partial charge on any atom is -0.287 e. The second kappa shape index (κ2) is 6.73. The zero-order valence-electron chi connectivity index (χ0n) is 12.5. The van der Waals surface area contributed by atoms with Crippen LogP contribution in [0.4, 0.5) is 0 Å². The summed E-state index contributed by atoms with van der Waals surface area (Å²) in [6.07, 6.45) is 1.90. The van der Waals surface area contributed by atoms with Crippen LogP contribution in [0, 0.1) is 0 Å². The molecule has 0 atom stereocenters. The second-order valence-electron chi connectivity index (χ2n) is 5.18. The summed E-state index contributed by atoms with van der Waals surface area (Å²) in [4.78, 5) is 15.2. The van der Waals surface area contributed by atoms with E-state index in [-0.39, 0.29) is 12.3 Å². The summed E-state index contributed by atoms with van der Waals surface area (Å²) in [5.74, 6) is -0.185. The Kier molecular flexibility index (Phi) is 4.32. The van der Waals surface area contributed by atoms with E-state index in [0.29, 0.717) is 12.2 Å². The van der Waals surface area contributed by atoms with Crippen LogP contribution in [0.15, 0.2) is 72.0 Å². The third-order valence-electron chi connectivity index (χ3n) is 3.67. The number of carbonyl (C=O) groups excluding carboxylic acids is 1. The van der Waals surface area contributed by atoms with Crippen LogP contribution < -0.4 is 4.57 Å². The summed E-state index contributed by atoms with van der Waals surface area (Å²) in [6, 6.07) is 19.6. The third kappa shape index (κ3) is 3.20. The molecule has 112 valence electrons. The Labute approximate surface area is 133 Å². The van der Waals surface area contributed by atoms with Gasteiger partial charge in [0.1, 0.15) is 0 Å². The highest BCUT2D eigenvalue weighted by atomic mass is 16.1. The van der Waals surface area contributed by atoms with Crippen molar-refractivity contribution in [3.8, 4) is 0 Å². The van der Waals surface area contributed by atoms with E-state index in [4.69, 9.17) is 5.53 Å². The summed E-state index contributed by atoms with van der Waals surface area (Å²) in [5.41, 5.74) is 10.2. The second-order valence-corrected chi connectivity index (χ2v) is 5.18. The molecule has 0 saturated carbocycles. The van der Waals surface area contributed by atoms with Crippen LogP contribution in [-0.2, 0) is 6.54 Å². The molecule has 23 heavy (non-hydrogen) atoms. The normalized spacial score (nSPS) is 10.3. The summed E-state index contributed by atoms with van der Waals surface area (Å²) < 4.78 is 1.91. The molecule has 0 unspecified atom stereocenters. The standard InChI is InChI=1S/C18H15N4O/c19-21-20-12-17(23)18-16-9-5-4-8-15(16)10-11-22(18)13-14-6-2-1-3-7-14/h1-11H,12-13H2/q+1. The fourth-order valence-corrected chi connectivity index (χ4v) is 2.65. The van der Waals surface area contributed by atoms with Gasteiger partial charge in [-0.05, 0) is 17.0 Å². The molecule has 0 spiro atoms. The lowest BCUT2D eigenvalue weighted by Gasteiger charge is -2.06. The number of benzene rings is 2. The van der Waals surface area contributed by atoms with Crippen molar-refractivity contribution < 1.29 is 9.36 Å². The molecule has 0 bridgehead atoms. The smallest absolute Gasteiger partial charge is 0.256 e. The lowest BCUT2D eigenvalue weighted by Crippen LogP contribution is -2.41. The highest BCUT2D eigenvalue weighted by Gasteiger charge is 2.22. The number of rotatable bonds is 5. The van der Waals surface area contributed by atoms with Gasteiger partial charge in [-0.1, -0.05) is 53.6 Å². The van der Waals surface area contributed by atoms with Crippen LogP contribution in [-0.4, -0.2) is 12.3 Å². The Balaban J connectivity index is 2.12. The van der Waals surface area contributed by atoms with E-state index in [1.807, 2.05) is 71.4 Å². The first-order valence-electron chi connectivity index (χ1n) is 7.29. The van der Waals surface area contributed by atoms with Gasteiger partial charge in [0.2, 0.25) is 5.78 Å². The van der Waals surface area contributed by atoms with Gasteiger partial charge in [0.25, 0.3) is 5.69 Å². The van der Waals surface area contributed by atoms with Crippen molar-refractivity contribution in [2.24, 2.45) is 5.11 Å². The average molecular weight is 303 g/mol. The van der Waals surface area contributed by atoms with Crippen molar-refractivity contribution >= 4 is 16.6 Å². The van der Waals surface area contributed by atoms with Crippen molar-refractivity contribution in [3.63, 3.8) is 0 Å². The van der Waals surface area contributed by atoms with Crippen LogP contribution in [0.1, 0.15) is 16.1 Å². The van der Waals surface area contributed by atoms with E-state index in [1.54, 1.807) is 0 Å². The number of azide groups is 1. The molecule has 0 amide bonds. The highest BCUT2D eigenvalue weighted by Crippen LogP contribution is 2.16. The Bertz CT molecular complexity index is 899. The van der Waals surface area contributed by atoms with Gasteiger partial charge in [-0.3, -0.25) is 4.79 Å². The summed E-state index contributed by atoms with van der Waals surface area (Å²) in [7, 11) is 0. The van der Waals surface area contributed by atoms with Gasteiger partial charge in [-0.2, -0.15) is 4.57 Å². The summed E-state index contributed by atoms with van der Waals surface area (Å²) in [6.45, 7) is 0.405. The molecule has 1 heterocycles. The van der Waals surface area contributed by atoms with Crippen molar-refractivity contribution in [1.29, 1.82) is 0 Å². The molecule has 0 aliphatic carbocycles. The topological polar surface area (TPSA) is 69.7 Å². The van der Waals surface area contributed by atoms with E-state index < -0.39 is 0 Å². The zero-order valence-corrected chi connectivity index (χ0v) is 12.5. The van der Waals surface area contributed by atoms with Crippen molar-refractivity contribution in [2.45, 2.75) is 6.54 Å².